The topological polar surface area (TPSA) is 35.8 Å². The van der Waals surface area contributed by atoms with E-state index in [0.29, 0.717) is 12.6 Å². The van der Waals surface area contributed by atoms with Gasteiger partial charge in [-0.3, -0.25) is 0 Å². The van der Waals surface area contributed by atoms with E-state index in [1.807, 2.05) is 30.3 Å². The van der Waals surface area contributed by atoms with Gasteiger partial charge < -0.3 is 5.32 Å². The highest BCUT2D eigenvalue weighted by molar-refractivity contribution is 7.10. The summed E-state index contributed by atoms with van der Waals surface area (Å²) < 4.78 is 0. The molecule has 2 nitrogen and oxygen atoms in total. The van der Waals surface area contributed by atoms with Crippen molar-refractivity contribution < 1.29 is 0 Å². The second-order valence-electron chi connectivity index (χ2n) is 4.24. The second kappa shape index (κ2) is 6.34. The molecule has 1 aromatic heterocycles. The maximum Gasteiger partial charge on any atom is 0.0837 e. The largest absolute Gasteiger partial charge is 0.308 e. The average molecular weight is 256 g/mol. The number of nitriles is 1. The minimum absolute atomic E-state index is 0.0892. The van der Waals surface area contributed by atoms with Gasteiger partial charge in [-0.2, -0.15) is 5.26 Å². The van der Waals surface area contributed by atoms with Crippen LogP contribution >= 0.6 is 11.3 Å². The van der Waals surface area contributed by atoms with E-state index >= 15 is 0 Å². The quantitative estimate of drug-likeness (QED) is 0.885. The molecule has 92 valence electrons. The van der Waals surface area contributed by atoms with E-state index in [2.05, 4.69) is 35.8 Å². The average Bonchev–Trinajstić information content (AvgIpc) is 2.94. The van der Waals surface area contributed by atoms with Crippen molar-refractivity contribution in [1.82, 2.24) is 5.32 Å². The molecule has 0 aliphatic carbocycles. The Morgan fingerprint density at radius 2 is 2.00 bits per heavy atom. The molecule has 0 aliphatic heterocycles. The predicted molar refractivity (Wildman–Crippen MR) is 75.5 cm³/mol. The molecule has 0 saturated carbocycles. The van der Waals surface area contributed by atoms with Gasteiger partial charge in [-0.25, -0.2) is 0 Å². The SMILES string of the molecule is C[C@H](NCC(C#N)c1ccccc1)c1cccs1. The molecule has 1 unspecified atom stereocenters. The zero-order chi connectivity index (χ0) is 12.8. The van der Waals surface area contributed by atoms with E-state index in [9.17, 15) is 5.26 Å². The monoisotopic (exact) mass is 256 g/mol. The molecule has 0 radical (unpaired) electrons. The standard InChI is InChI=1S/C15H16N2S/c1-12(15-8-5-9-18-15)17-11-14(10-16)13-6-3-2-4-7-13/h2-9,12,14,17H,11H2,1H3/t12-,14?/m0/s1. The maximum atomic E-state index is 9.24. The van der Waals surface area contributed by atoms with Crippen molar-refractivity contribution in [2.45, 2.75) is 18.9 Å². The number of nitrogens with one attached hydrogen (secondary N) is 1. The molecular formula is C15H16N2S. The Morgan fingerprint density at radius 1 is 1.22 bits per heavy atom. The van der Waals surface area contributed by atoms with Crippen molar-refractivity contribution in [3.63, 3.8) is 0 Å². The lowest BCUT2D eigenvalue weighted by atomic mass is 10.0. The summed E-state index contributed by atoms with van der Waals surface area (Å²) in [6, 6.07) is 16.8. The fourth-order valence-electron chi connectivity index (χ4n) is 1.86. The van der Waals surface area contributed by atoms with Crippen LogP contribution in [0.3, 0.4) is 0 Å². The zero-order valence-electron chi connectivity index (χ0n) is 10.3. The Balaban J connectivity index is 1.95. The molecule has 0 amide bonds. The van der Waals surface area contributed by atoms with Crippen LogP contribution in [0.25, 0.3) is 0 Å². The Kier molecular flexibility index (Phi) is 4.52. The van der Waals surface area contributed by atoms with E-state index in [-0.39, 0.29) is 5.92 Å². The highest BCUT2D eigenvalue weighted by atomic mass is 32.1. The molecule has 0 saturated heterocycles. The molecule has 3 heteroatoms. The van der Waals surface area contributed by atoms with E-state index in [1.165, 1.54) is 4.88 Å². The van der Waals surface area contributed by atoms with Gasteiger partial charge in [-0.15, -0.1) is 11.3 Å². The Labute approximate surface area is 112 Å². The highest BCUT2D eigenvalue weighted by Gasteiger charge is 2.12. The highest BCUT2D eigenvalue weighted by Crippen LogP contribution is 2.20. The van der Waals surface area contributed by atoms with E-state index < -0.39 is 0 Å². The zero-order valence-corrected chi connectivity index (χ0v) is 11.2. The minimum Gasteiger partial charge on any atom is -0.308 e. The first-order valence-electron chi connectivity index (χ1n) is 6.02. The molecule has 2 rings (SSSR count). The van der Waals surface area contributed by atoms with Crippen LogP contribution in [0.2, 0.25) is 0 Å². The van der Waals surface area contributed by atoms with Crippen LogP contribution in [-0.4, -0.2) is 6.54 Å². The maximum absolute atomic E-state index is 9.24. The lowest BCUT2D eigenvalue weighted by Gasteiger charge is -2.15. The van der Waals surface area contributed by atoms with E-state index in [0.717, 1.165) is 5.56 Å². The van der Waals surface area contributed by atoms with E-state index in [1.54, 1.807) is 11.3 Å². The van der Waals surface area contributed by atoms with Crippen LogP contribution in [-0.2, 0) is 0 Å². The molecule has 1 N–H and O–H groups in total. The van der Waals surface area contributed by atoms with Gasteiger partial charge in [0, 0.05) is 17.5 Å². The van der Waals surface area contributed by atoms with E-state index in [4.69, 9.17) is 0 Å². The number of hydrogen-bond acceptors (Lipinski definition) is 3. The summed E-state index contributed by atoms with van der Waals surface area (Å²) in [5.74, 6) is -0.0892. The van der Waals surface area contributed by atoms with Gasteiger partial charge in [-0.05, 0) is 23.9 Å². The molecule has 0 fully saturated rings. The summed E-state index contributed by atoms with van der Waals surface area (Å²) in [6.45, 7) is 2.81. The molecule has 18 heavy (non-hydrogen) atoms. The first-order valence-corrected chi connectivity index (χ1v) is 6.90. The summed E-state index contributed by atoms with van der Waals surface area (Å²) in [4.78, 5) is 1.31. The Morgan fingerprint density at radius 3 is 2.61 bits per heavy atom. The third-order valence-corrected chi connectivity index (χ3v) is 4.01. The molecule has 2 atom stereocenters. The Hall–Kier alpha value is -1.63. The summed E-state index contributed by atoms with van der Waals surface area (Å²) in [6.07, 6.45) is 0. The number of thiophene rings is 1. The van der Waals surface area contributed by atoms with Crippen molar-refractivity contribution in [3.8, 4) is 6.07 Å². The van der Waals surface area contributed by atoms with Crippen LogP contribution in [0.5, 0.6) is 0 Å². The third-order valence-electron chi connectivity index (χ3n) is 2.96. The van der Waals surface area contributed by atoms with Gasteiger partial charge in [0.2, 0.25) is 0 Å². The first-order chi connectivity index (χ1) is 8.81. The van der Waals surface area contributed by atoms with Crippen LogP contribution in [0, 0.1) is 11.3 Å². The summed E-state index contributed by atoms with van der Waals surface area (Å²) in [7, 11) is 0. The molecule has 1 heterocycles. The lowest BCUT2D eigenvalue weighted by Crippen LogP contribution is -2.23. The van der Waals surface area contributed by atoms with Crippen molar-refractivity contribution in [3.05, 3.63) is 58.3 Å². The van der Waals surface area contributed by atoms with Gasteiger partial charge in [0.25, 0.3) is 0 Å². The summed E-state index contributed by atoms with van der Waals surface area (Å²) in [5.41, 5.74) is 1.07. The third kappa shape index (κ3) is 3.19. The van der Waals surface area contributed by atoms with Gasteiger partial charge >= 0.3 is 0 Å². The van der Waals surface area contributed by atoms with Gasteiger partial charge in [0.05, 0.1) is 12.0 Å². The number of hydrogen-bond donors (Lipinski definition) is 1. The lowest BCUT2D eigenvalue weighted by molar-refractivity contribution is 0.565. The number of rotatable bonds is 5. The summed E-state index contributed by atoms with van der Waals surface area (Å²) in [5, 5.41) is 14.7. The fraction of sp³-hybridized carbons (Fsp3) is 0.267. The number of nitrogens with zero attached hydrogens (tertiary/aromatic N) is 1. The second-order valence-corrected chi connectivity index (χ2v) is 5.22. The molecule has 0 spiro atoms. The van der Waals surface area contributed by atoms with Crippen molar-refractivity contribution >= 4 is 11.3 Å². The summed E-state index contributed by atoms with van der Waals surface area (Å²) >= 11 is 1.74. The molecule has 2 aromatic rings. The van der Waals surface area contributed by atoms with Crippen LogP contribution in [0.4, 0.5) is 0 Å². The molecule has 0 aliphatic rings. The smallest absolute Gasteiger partial charge is 0.0837 e. The van der Waals surface area contributed by atoms with Crippen LogP contribution in [0.1, 0.15) is 29.3 Å². The van der Waals surface area contributed by atoms with Gasteiger partial charge in [0.15, 0.2) is 0 Å². The van der Waals surface area contributed by atoms with Gasteiger partial charge in [0.1, 0.15) is 0 Å². The Bertz CT molecular complexity index is 499. The predicted octanol–water partition coefficient (Wildman–Crippen LogP) is 3.71. The molecular weight excluding hydrogens is 240 g/mol. The first kappa shape index (κ1) is 12.8. The fourth-order valence-corrected chi connectivity index (χ4v) is 2.62. The number of benzene rings is 1. The van der Waals surface area contributed by atoms with Gasteiger partial charge in [-0.1, -0.05) is 36.4 Å². The molecule has 1 aromatic carbocycles. The normalized spacial score (nSPS) is 13.8. The minimum atomic E-state index is -0.0892. The van der Waals surface area contributed by atoms with Crippen LogP contribution < -0.4 is 5.32 Å². The van der Waals surface area contributed by atoms with Crippen molar-refractivity contribution in [2.24, 2.45) is 0 Å². The van der Waals surface area contributed by atoms with Crippen molar-refractivity contribution in [2.75, 3.05) is 6.54 Å². The van der Waals surface area contributed by atoms with Crippen molar-refractivity contribution in [1.29, 1.82) is 5.26 Å². The van der Waals surface area contributed by atoms with Crippen LogP contribution in [0.15, 0.2) is 47.8 Å². The molecule has 0 bridgehead atoms.